The van der Waals surface area contributed by atoms with E-state index in [-0.39, 0.29) is 5.91 Å². The summed E-state index contributed by atoms with van der Waals surface area (Å²) in [5.74, 6) is 0.723. The summed E-state index contributed by atoms with van der Waals surface area (Å²) in [5, 5.41) is 15.4. The highest BCUT2D eigenvalue weighted by Gasteiger charge is 2.34. The second kappa shape index (κ2) is 13.5. The molecule has 2 aliphatic heterocycles. The number of likely N-dealkylation sites (tertiary alicyclic amines) is 1. The van der Waals surface area contributed by atoms with Gasteiger partial charge >= 0.3 is 6.03 Å². The summed E-state index contributed by atoms with van der Waals surface area (Å²) in [6.07, 6.45) is 2.26. The van der Waals surface area contributed by atoms with Crippen LogP contribution in [-0.2, 0) is 36.7 Å². The molecule has 0 radical (unpaired) electrons. The topological polar surface area (TPSA) is 151 Å². The third-order valence-electron chi connectivity index (χ3n) is 6.95. The number of amides is 3. The van der Waals surface area contributed by atoms with E-state index >= 15 is 0 Å². The molecule has 1 saturated heterocycles. The van der Waals surface area contributed by atoms with Crippen molar-refractivity contribution in [2.24, 2.45) is 0 Å². The normalized spacial score (nSPS) is 16.7. The van der Waals surface area contributed by atoms with Crippen LogP contribution in [0.2, 0.25) is 0 Å². The molecular weight excluding hydrogens is 518 g/mol. The lowest BCUT2D eigenvalue weighted by molar-refractivity contribution is -0.136. The van der Waals surface area contributed by atoms with Gasteiger partial charge in [0.1, 0.15) is 29.5 Å². The number of nitrogens with one attached hydrogen (secondary N) is 2. The lowest BCUT2D eigenvalue weighted by atomic mass is 10.0. The Balaban J connectivity index is 1.61. The average molecular weight is 554 g/mol. The number of hydrogen-bond donors (Lipinski definition) is 2. The van der Waals surface area contributed by atoms with E-state index in [2.05, 4.69) is 21.7 Å². The maximum absolute atomic E-state index is 13.5. The Morgan fingerprint density at radius 2 is 2.02 bits per heavy atom. The van der Waals surface area contributed by atoms with Gasteiger partial charge in [0.2, 0.25) is 6.29 Å². The lowest BCUT2D eigenvalue weighted by Crippen LogP contribution is -2.40. The zero-order chi connectivity index (χ0) is 28.6. The van der Waals surface area contributed by atoms with E-state index in [1.165, 1.54) is 27.5 Å². The van der Waals surface area contributed by atoms with Gasteiger partial charge in [0.05, 0.1) is 17.9 Å². The first-order chi connectivity index (χ1) is 19.4. The summed E-state index contributed by atoms with van der Waals surface area (Å²) in [6.45, 7) is 2.31. The number of rotatable bonds is 11. The molecule has 0 spiro atoms. The molecule has 2 aromatic heterocycles. The van der Waals surface area contributed by atoms with Crippen LogP contribution in [0.15, 0.2) is 18.3 Å². The fourth-order valence-electron chi connectivity index (χ4n) is 4.92. The van der Waals surface area contributed by atoms with E-state index in [4.69, 9.17) is 23.9 Å². The molecule has 4 heterocycles. The smallest absolute Gasteiger partial charge is 0.328 e. The summed E-state index contributed by atoms with van der Waals surface area (Å²) < 4.78 is 21.4. The van der Waals surface area contributed by atoms with Gasteiger partial charge in [-0.15, -0.1) is 0 Å². The largest absolute Gasteiger partial charge is 0.383 e. The molecule has 0 unspecified atom stereocenters. The van der Waals surface area contributed by atoms with Crippen LogP contribution in [0, 0.1) is 11.3 Å². The van der Waals surface area contributed by atoms with Crippen LogP contribution in [-0.4, -0.2) is 87.6 Å². The second-order valence-corrected chi connectivity index (χ2v) is 9.42. The van der Waals surface area contributed by atoms with E-state index in [0.717, 1.165) is 24.0 Å². The summed E-state index contributed by atoms with van der Waals surface area (Å²) >= 11 is 0. The Bertz CT molecular complexity index is 1260. The van der Waals surface area contributed by atoms with Crippen molar-refractivity contribution in [1.82, 2.24) is 14.9 Å². The SMILES string of the molecule is COCCNc1cc(NC(=O)N2CCCc3cc(CN4CC[C@@H](OC)C4=O)c(C(OC)OC)nc32)ncc1C#N. The number of carbonyl (C=O) groups excluding carboxylic acids is 2. The molecule has 0 saturated carbocycles. The number of anilines is 3. The van der Waals surface area contributed by atoms with Gasteiger partial charge in [0.15, 0.2) is 0 Å². The molecular formula is C27H35N7O6. The van der Waals surface area contributed by atoms with E-state index in [9.17, 15) is 14.9 Å². The maximum Gasteiger partial charge on any atom is 0.328 e. The van der Waals surface area contributed by atoms with Crippen molar-refractivity contribution in [2.45, 2.75) is 38.2 Å². The highest BCUT2D eigenvalue weighted by atomic mass is 16.7. The van der Waals surface area contributed by atoms with Gasteiger partial charge in [-0.05, 0) is 30.0 Å². The van der Waals surface area contributed by atoms with Gasteiger partial charge in [-0.2, -0.15) is 5.26 Å². The van der Waals surface area contributed by atoms with E-state index in [1.807, 2.05) is 6.07 Å². The summed E-state index contributed by atoms with van der Waals surface area (Å²) in [4.78, 5) is 38.6. The molecule has 2 aromatic rings. The monoisotopic (exact) mass is 553 g/mol. The van der Waals surface area contributed by atoms with Crippen molar-refractivity contribution < 1.29 is 28.5 Å². The Morgan fingerprint density at radius 3 is 2.70 bits per heavy atom. The van der Waals surface area contributed by atoms with Crippen molar-refractivity contribution in [2.75, 3.05) is 70.2 Å². The minimum Gasteiger partial charge on any atom is -0.383 e. The van der Waals surface area contributed by atoms with Gasteiger partial charge in [-0.25, -0.2) is 14.8 Å². The summed E-state index contributed by atoms with van der Waals surface area (Å²) in [5.41, 5.74) is 3.08. The van der Waals surface area contributed by atoms with Crippen molar-refractivity contribution in [3.63, 3.8) is 0 Å². The molecule has 0 bridgehead atoms. The number of nitrogens with zero attached hydrogens (tertiary/aromatic N) is 5. The first kappa shape index (κ1) is 29.2. The Labute approximate surface area is 233 Å². The third-order valence-corrected chi connectivity index (χ3v) is 6.95. The third kappa shape index (κ3) is 6.31. The molecule has 13 heteroatoms. The van der Waals surface area contributed by atoms with Crippen molar-refractivity contribution in [1.29, 1.82) is 5.26 Å². The predicted octanol–water partition coefficient (Wildman–Crippen LogP) is 2.43. The number of aryl methyl sites for hydroxylation is 1. The van der Waals surface area contributed by atoms with Gasteiger partial charge in [0, 0.05) is 73.3 Å². The molecule has 4 rings (SSSR count). The molecule has 40 heavy (non-hydrogen) atoms. The molecule has 2 N–H and O–H groups in total. The molecule has 0 aromatic carbocycles. The highest BCUT2D eigenvalue weighted by Crippen LogP contribution is 2.33. The molecule has 3 amide bonds. The molecule has 2 aliphatic rings. The molecule has 1 fully saturated rings. The van der Waals surface area contributed by atoms with E-state index in [0.29, 0.717) is 67.8 Å². The Kier molecular flexibility index (Phi) is 9.84. The van der Waals surface area contributed by atoms with Crippen LogP contribution in [0.25, 0.3) is 0 Å². The summed E-state index contributed by atoms with van der Waals surface area (Å²) in [6, 6.07) is 5.28. The minimum atomic E-state index is -0.788. The quantitative estimate of drug-likeness (QED) is 0.314. The van der Waals surface area contributed by atoms with Crippen LogP contribution in [0.4, 0.5) is 22.1 Å². The predicted molar refractivity (Wildman–Crippen MR) is 146 cm³/mol. The van der Waals surface area contributed by atoms with Crippen LogP contribution in [0.5, 0.6) is 0 Å². The Hall–Kier alpha value is -3.83. The molecule has 1 atom stereocenters. The van der Waals surface area contributed by atoms with Crippen LogP contribution in [0.1, 0.15) is 41.5 Å². The van der Waals surface area contributed by atoms with E-state index in [1.54, 1.807) is 23.0 Å². The van der Waals surface area contributed by atoms with Crippen molar-refractivity contribution in [3.8, 4) is 6.07 Å². The van der Waals surface area contributed by atoms with Gasteiger partial charge in [0.25, 0.3) is 5.91 Å². The van der Waals surface area contributed by atoms with Crippen LogP contribution < -0.4 is 15.5 Å². The number of ether oxygens (including phenoxy) is 4. The standard InChI is InChI=1S/C27H35N7O6/c1-37-11-8-29-20-13-22(30-15-19(20)14-28)31-27(36)34-9-5-6-17-12-18(16-33-10-7-21(38-2)25(33)35)23(32-24(17)34)26(39-3)40-4/h12-13,15,21,26H,5-11,16H2,1-4H3,(H2,29,30,31,36)/t21-/m1/s1. The van der Waals surface area contributed by atoms with Crippen LogP contribution >= 0.6 is 0 Å². The zero-order valence-electron chi connectivity index (χ0n) is 23.2. The molecule has 13 nitrogen and oxygen atoms in total. The first-order valence-corrected chi connectivity index (χ1v) is 13.0. The average Bonchev–Trinajstić information content (AvgIpc) is 3.32. The maximum atomic E-state index is 13.5. The van der Waals surface area contributed by atoms with Crippen molar-refractivity contribution >= 4 is 29.3 Å². The zero-order valence-corrected chi connectivity index (χ0v) is 23.2. The van der Waals surface area contributed by atoms with Crippen LogP contribution in [0.3, 0.4) is 0 Å². The molecule has 214 valence electrons. The van der Waals surface area contributed by atoms with E-state index < -0.39 is 18.4 Å². The summed E-state index contributed by atoms with van der Waals surface area (Å²) in [7, 11) is 6.16. The van der Waals surface area contributed by atoms with Crippen molar-refractivity contribution in [3.05, 3.63) is 40.7 Å². The number of aromatic nitrogens is 2. The van der Waals surface area contributed by atoms with Gasteiger partial charge < -0.3 is 29.2 Å². The number of hydrogen-bond acceptors (Lipinski definition) is 10. The first-order valence-electron chi connectivity index (χ1n) is 13.0. The number of nitriles is 1. The Morgan fingerprint density at radius 1 is 1.23 bits per heavy atom. The second-order valence-electron chi connectivity index (χ2n) is 9.42. The van der Waals surface area contributed by atoms with Gasteiger partial charge in [-0.3, -0.25) is 15.0 Å². The minimum absolute atomic E-state index is 0.0652. The molecule has 0 aliphatic carbocycles. The van der Waals surface area contributed by atoms with Gasteiger partial charge in [-0.1, -0.05) is 0 Å². The number of methoxy groups -OCH3 is 4. The highest BCUT2D eigenvalue weighted by molar-refractivity contribution is 6.01. The fraction of sp³-hybridized carbons (Fsp3) is 0.519. The number of pyridine rings is 2. The lowest BCUT2D eigenvalue weighted by Gasteiger charge is -2.31. The number of urea groups is 1. The fourth-order valence-corrected chi connectivity index (χ4v) is 4.92. The number of fused-ring (bicyclic) bond motifs is 1. The number of carbonyl (C=O) groups is 2.